The van der Waals surface area contributed by atoms with Crippen molar-refractivity contribution in [3.8, 4) is 0 Å². The number of carbonyl (C=O) groups is 3. The molecule has 80 valence electrons. The van der Waals surface area contributed by atoms with Gasteiger partial charge in [0.25, 0.3) is 0 Å². The van der Waals surface area contributed by atoms with Gasteiger partial charge < -0.3 is 15.7 Å². The van der Waals surface area contributed by atoms with E-state index < -0.39 is 29.3 Å². The molecule has 0 aliphatic rings. The Balaban J connectivity index is 4.87. The molecule has 0 atom stereocenters. The molecule has 0 radical (unpaired) electrons. The highest BCUT2D eigenvalue weighted by molar-refractivity contribution is 6.20. The number of carboxylic acids is 1. The van der Waals surface area contributed by atoms with Gasteiger partial charge in [-0.25, -0.2) is 4.79 Å². The maximum atomic E-state index is 10.8. The van der Waals surface area contributed by atoms with Crippen LogP contribution < -0.4 is 10.6 Å². The molecular formula is C7H11ClN2O4. The van der Waals surface area contributed by atoms with Gasteiger partial charge in [0.05, 0.1) is 5.88 Å². The lowest BCUT2D eigenvalue weighted by Gasteiger charge is -2.28. The minimum atomic E-state index is -1.93. The topological polar surface area (TPSA) is 95.5 Å². The second-order valence-corrected chi connectivity index (χ2v) is 2.97. The first-order valence-corrected chi connectivity index (χ1v) is 4.24. The predicted molar refractivity (Wildman–Crippen MR) is 48.7 cm³/mol. The molecule has 0 aliphatic heterocycles. The number of amides is 2. The summed E-state index contributed by atoms with van der Waals surface area (Å²) in [6.07, 6.45) is 0. The summed E-state index contributed by atoms with van der Waals surface area (Å²) in [6, 6.07) is 0. The number of alkyl halides is 1. The number of nitrogens with one attached hydrogen (secondary N) is 2. The van der Waals surface area contributed by atoms with Gasteiger partial charge in [-0.3, -0.25) is 9.59 Å². The molecule has 14 heavy (non-hydrogen) atoms. The van der Waals surface area contributed by atoms with Crippen LogP contribution in [0.3, 0.4) is 0 Å². The molecule has 0 saturated carbocycles. The lowest BCUT2D eigenvalue weighted by Crippen LogP contribution is -2.66. The summed E-state index contributed by atoms with van der Waals surface area (Å²) in [7, 11) is 0. The Kier molecular flexibility index (Phi) is 4.36. The normalized spacial score (nSPS) is 10.5. The van der Waals surface area contributed by atoms with Crippen molar-refractivity contribution in [2.24, 2.45) is 0 Å². The maximum absolute atomic E-state index is 10.8. The third kappa shape index (κ3) is 3.21. The van der Waals surface area contributed by atoms with E-state index in [4.69, 9.17) is 16.7 Å². The second-order valence-electron chi connectivity index (χ2n) is 2.71. The Labute approximate surface area is 85.6 Å². The van der Waals surface area contributed by atoms with Gasteiger partial charge in [-0.15, -0.1) is 11.6 Å². The largest absolute Gasteiger partial charge is 0.478 e. The molecule has 7 heteroatoms. The van der Waals surface area contributed by atoms with Crippen LogP contribution in [0.5, 0.6) is 0 Å². The monoisotopic (exact) mass is 222 g/mol. The fourth-order valence-corrected chi connectivity index (χ4v) is 1.11. The van der Waals surface area contributed by atoms with Crippen LogP contribution in [0, 0.1) is 0 Å². The Hall–Kier alpha value is -1.30. The minimum absolute atomic E-state index is 0.457. The second kappa shape index (κ2) is 4.80. The van der Waals surface area contributed by atoms with Crippen molar-refractivity contribution in [2.45, 2.75) is 19.5 Å². The highest BCUT2D eigenvalue weighted by Crippen LogP contribution is 2.04. The summed E-state index contributed by atoms with van der Waals surface area (Å²) in [5, 5.41) is 13.0. The van der Waals surface area contributed by atoms with E-state index in [1.807, 2.05) is 0 Å². The van der Waals surface area contributed by atoms with E-state index in [2.05, 4.69) is 10.6 Å². The third-order valence-electron chi connectivity index (χ3n) is 1.34. The van der Waals surface area contributed by atoms with Crippen molar-refractivity contribution in [1.29, 1.82) is 0 Å². The third-order valence-corrected chi connectivity index (χ3v) is 1.75. The average Bonchev–Trinajstić information content (AvgIpc) is 2.00. The molecule has 3 N–H and O–H groups in total. The summed E-state index contributed by atoms with van der Waals surface area (Å²) in [4.78, 5) is 32.2. The molecule has 0 bridgehead atoms. The lowest BCUT2D eigenvalue weighted by atomic mass is 10.2. The Bertz CT molecular complexity index is 250. The summed E-state index contributed by atoms with van der Waals surface area (Å²) >= 11 is 5.40. The number of carbonyl (C=O) groups excluding carboxylic acids is 2. The first-order chi connectivity index (χ1) is 6.34. The Morgan fingerprint density at radius 3 is 1.71 bits per heavy atom. The first kappa shape index (κ1) is 12.7. The van der Waals surface area contributed by atoms with Crippen LogP contribution in [0.15, 0.2) is 0 Å². The Morgan fingerprint density at radius 2 is 1.57 bits per heavy atom. The van der Waals surface area contributed by atoms with Gasteiger partial charge in [-0.2, -0.15) is 0 Å². The zero-order chi connectivity index (χ0) is 11.4. The molecule has 6 nitrogen and oxygen atoms in total. The number of rotatable bonds is 4. The summed E-state index contributed by atoms with van der Waals surface area (Å²) in [6.45, 7) is 2.26. The Morgan fingerprint density at radius 1 is 1.21 bits per heavy atom. The number of hydrogen-bond donors (Lipinski definition) is 3. The quantitative estimate of drug-likeness (QED) is 0.432. The van der Waals surface area contributed by atoms with Gasteiger partial charge in [0.2, 0.25) is 17.5 Å². The summed E-state index contributed by atoms with van der Waals surface area (Å²) in [5.41, 5.74) is -1.93. The molecular weight excluding hydrogens is 212 g/mol. The molecule has 0 aromatic heterocycles. The molecule has 0 spiro atoms. The van der Waals surface area contributed by atoms with Crippen molar-refractivity contribution in [1.82, 2.24) is 10.6 Å². The zero-order valence-electron chi connectivity index (χ0n) is 7.76. The number of halogens is 1. The molecule has 0 saturated heterocycles. The van der Waals surface area contributed by atoms with Crippen molar-refractivity contribution in [3.05, 3.63) is 0 Å². The van der Waals surface area contributed by atoms with Crippen LogP contribution in [-0.2, 0) is 14.4 Å². The standard InChI is InChI=1S/C7H11ClN2O4/c1-4(11)9-7(3-8,6(13)14)10-5(2)12/h3H2,1-2H3,(H,9,11)(H,10,12)(H,13,14). The minimum Gasteiger partial charge on any atom is -0.478 e. The first-order valence-electron chi connectivity index (χ1n) is 3.71. The average molecular weight is 223 g/mol. The highest BCUT2D eigenvalue weighted by atomic mass is 35.5. The van der Waals surface area contributed by atoms with E-state index in [-0.39, 0.29) is 0 Å². The van der Waals surface area contributed by atoms with E-state index in [0.717, 1.165) is 13.8 Å². The SMILES string of the molecule is CC(=O)NC(CCl)(NC(C)=O)C(=O)O. The molecule has 0 rings (SSSR count). The predicted octanol–water partition coefficient (Wildman–Crippen LogP) is -0.722. The molecule has 2 amide bonds. The van der Waals surface area contributed by atoms with E-state index in [9.17, 15) is 14.4 Å². The zero-order valence-corrected chi connectivity index (χ0v) is 8.51. The molecule has 0 fully saturated rings. The molecule has 0 aromatic rings. The molecule has 0 aliphatic carbocycles. The van der Waals surface area contributed by atoms with Gasteiger partial charge in [0, 0.05) is 13.8 Å². The number of hydrogen-bond acceptors (Lipinski definition) is 3. The number of carboxylic acid groups (broad SMARTS) is 1. The molecule has 0 heterocycles. The highest BCUT2D eigenvalue weighted by Gasteiger charge is 2.39. The van der Waals surface area contributed by atoms with Crippen molar-refractivity contribution in [2.75, 3.05) is 5.88 Å². The van der Waals surface area contributed by atoms with Crippen LogP contribution in [0.4, 0.5) is 0 Å². The summed E-state index contributed by atoms with van der Waals surface area (Å²) in [5.74, 6) is -3.07. The summed E-state index contributed by atoms with van der Waals surface area (Å²) < 4.78 is 0. The van der Waals surface area contributed by atoms with E-state index in [1.165, 1.54) is 0 Å². The van der Waals surface area contributed by atoms with Crippen LogP contribution in [0.2, 0.25) is 0 Å². The van der Waals surface area contributed by atoms with Crippen molar-refractivity contribution >= 4 is 29.4 Å². The van der Waals surface area contributed by atoms with E-state index >= 15 is 0 Å². The van der Waals surface area contributed by atoms with Crippen LogP contribution in [-0.4, -0.2) is 34.4 Å². The van der Waals surface area contributed by atoms with Crippen LogP contribution >= 0.6 is 11.6 Å². The molecule has 0 unspecified atom stereocenters. The fraction of sp³-hybridized carbons (Fsp3) is 0.571. The van der Waals surface area contributed by atoms with Crippen LogP contribution in [0.25, 0.3) is 0 Å². The van der Waals surface area contributed by atoms with E-state index in [1.54, 1.807) is 0 Å². The van der Waals surface area contributed by atoms with Gasteiger partial charge in [0.1, 0.15) is 0 Å². The maximum Gasteiger partial charge on any atom is 0.351 e. The molecule has 0 aromatic carbocycles. The smallest absolute Gasteiger partial charge is 0.351 e. The van der Waals surface area contributed by atoms with Crippen LogP contribution in [0.1, 0.15) is 13.8 Å². The van der Waals surface area contributed by atoms with Crippen molar-refractivity contribution < 1.29 is 19.5 Å². The van der Waals surface area contributed by atoms with Gasteiger partial charge >= 0.3 is 5.97 Å². The van der Waals surface area contributed by atoms with Gasteiger partial charge in [0.15, 0.2) is 0 Å². The lowest BCUT2D eigenvalue weighted by molar-refractivity contribution is -0.150. The van der Waals surface area contributed by atoms with Gasteiger partial charge in [-0.05, 0) is 0 Å². The fourth-order valence-electron chi connectivity index (χ4n) is 0.863. The van der Waals surface area contributed by atoms with E-state index in [0.29, 0.717) is 0 Å². The number of aliphatic carboxylic acids is 1. The van der Waals surface area contributed by atoms with Gasteiger partial charge in [-0.1, -0.05) is 0 Å². The van der Waals surface area contributed by atoms with Crippen molar-refractivity contribution in [3.63, 3.8) is 0 Å².